The van der Waals surface area contributed by atoms with Gasteiger partial charge < -0.3 is 15.3 Å². The van der Waals surface area contributed by atoms with Crippen molar-refractivity contribution in [3.05, 3.63) is 21.9 Å². The van der Waals surface area contributed by atoms with Crippen LogP contribution in [0.15, 0.2) is 12.1 Å². The molecular formula is C13H20N2O3S. The molecule has 2 N–H and O–H groups in total. The third kappa shape index (κ3) is 5.40. The molecular weight excluding hydrogens is 264 g/mol. The van der Waals surface area contributed by atoms with E-state index >= 15 is 0 Å². The van der Waals surface area contributed by atoms with Gasteiger partial charge in [0.1, 0.15) is 0 Å². The highest BCUT2D eigenvalue weighted by molar-refractivity contribution is 7.12. The van der Waals surface area contributed by atoms with Crippen molar-refractivity contribution in [2.24, 2.45) is 0 Å². The van der Waals surface area contributed by atoms with Crippen LogP contribution in [0.1, 0.15) is 23.6 Å². The van der Waals surface area contributed by atoms with Gasteiger partial charge in [-0.1, -0.05) is 0 Å². The van der Waals surface area contributed by atoms with E-state index in [0.29, 0.717) is 13.1 Å². The summed E-state index contributed by atoms with van der Waals surface area (Å²) in [5, 5.41) is 11.8. The molecule has 106 valence electrons. The Labute approximate surface area is 117 Å². The lowest BCUT2D eigenvalue weighted by atomic mass is 10.3. The largest absolute Gasteiger partial charge is 0.481 e. The average Bonchev–Trinajstić information content (AvgIpc) is 2.77. The maximum Gasteiger partial charge on any atom is 0.308 e. The SMILES string of the molecule is CCN(CC)C(=O)CNCc1ccc(CC(=O)O)s1. The van der Waals surface area contributed by atoms with Gasteiger partial charge in [0, 0.05) is 29.4 Å². The molecule has 1 heterocycles. The molecule has 0 unspecified atom stereocenters. The third-order valence-corrected chi connectivity index (χ3v) is 3.82. The summed E-state index contributed by atoms with van der Waals surface area (Å²) in [5.74, 6) is -0.731. The lowest BCUT2D eigenvalue weighted by Gasteiger charge is -2.18. The van der Waals surface area contributed by atoms with Crippen LogP contribution in [0.2, 0.25) is 0 Å². The number of hydrogen-bond acceptors (Lipinski definition) is 4. The summed E-state index contributed by atoms with van der Waals surface area (Å²) in [7, 11) is 0. The summed E-state index contributed by atoms with van der Waals surface area (Å²) in [6, 6.07) is 3.72. The first-order valence-corrected chi connectivity index (χ1v) is 7.16. The molecule has 0 aliphatic rings. The minimum Gasteiger partial charge on any atom is -0.481 e. The Bertz CT molecular complexity index is 427. The second kappa shape index (κ2) is 7.91. The van der Waals surface area contributed by atoms with Gasteiger partial charge in [-0.15, -0.1) is 11.3 Å². The molecule has 1 amide bonds. The second-order valence-corrected chi connectivity index (χ2v) is 5.36. The molecule has 1 aromatic rings. The summed E-state index contributed by atoms with van der Waals surface area (Å²) in [5.41, 5.74) is 0. The first kappa shape index (κ1) is 15.7. The van der Waals surface area contributed by atoms with Crippen molar-refractivity contribution < 1.29 is 14.7 Å². The van der Waals surface area contributed by atoms with Gasteiger partial charge in [0.2, 0.25) is 5.91 Å². The Balaban J connectivity index is 2.35. The predicted molar refractivity (Wildman–Crippen MR) is 75.3 cm³/mol. The maximum absolute atomic E-state index is 11.7. The highest BCUT2D eigenvalue weighted by atomic mass is 32.1. The Hall–Kier alpha value is -1.40. The summed E-state index contributed by atoms with van der Waals surface area (Å²) in [6.07, 6.45) is 0.0586. The molecule has 0 saturated carbocycles. The van der Waals surface area contributed by atoms with Crippen molar-refractivity contribution in [2.75, 3.05) is 19.6 Å². The molecule has 1 aromatic heterocycles. The van der Waals surface area contributed by atoms with Gasteiger partial charge in [0.05, 0.1) is 13.0 Å². The number of nitrogens with one attached hydrogen (secondary N) is 1. The van der Waals surface area contributed by atoms with Crippen LogP contribution in [0, 0.1) is 0 Å². The molecule has 0 saturated heterocycles. The van der Waals surface area contributed by atoms with E-state index in [-0.39, 0.29) is 12.3 Å². The zero-order chi connectivity index (χ0) is 14.3. The topological polar surface area (TPSA) is 69.6 Å². The van der Waals surface area contributed by atoms with Crippen LogP contribution in [-0.4, -0.2) is 41.5 Å². The van der Waals surface area contributed by atoms with Crippen LogP contribution in [-0.2, 0) is 22.6 Å². The minimum absolute atomic E-state index is 0.0586. The summed E-state index contributed by atoms with van der Waals surface area (Å²) in [4.78, 5) is 26.0. The molecule has 0 radical (unpaired) electrons. The molecule has 0 spiro atoms. The van der Waals surface area contributed by atoms with Gasteiger partial charge in [-0.25, -0.2) is 0 Å². The van der Waals surface area contributed by atoms with Crippen LogP contribution >= 0.6 is 11.3 Å². The van der Waals surface area contributed by atoms with E-state index in [1.54, 1.807) is 4.90 Å². The fourth-order valence-electron chi connectivity index (χ4n) is 1.74. The first-order valence-electron chi connectivity index (χ1n) is 6.34. The third-order valence-electron chi connectivity index (χ3n) is 2.73. The van der Waals surface area contributed by atoms with Gasteiger partial charge in [-0.3, -0.25) is 9.59 Å². The molecule has 19 heavy (non-hydrogen) atoms. The maximum atomic E-state index is 11.7. The number of rotatable bonds is 8. The zero-order valence-corrected chi connectivity index (χ0v) is 12.1. The average molecular weight is 284 g/mol. The first-order chi connectivity index (χ1) is 9.06. The molecule has 0 aromatic carbocycles. The van der Waals surface area contributed by atoms with E-state index in [2.05, 4.69) is 5.32 Å². The normalized spacial score (nSPS) is 10.4. The van der Waals surface area contributed by atoms with Crippen molar-refractivity contribution in [3.63, 3.8) is 0 Å². The number of carboxylic acids is 1. The van der Waals surface area contributed by atoms with Crippen molar-refractivity contribution in [2.45, 2.75) is 26.8 Å². The Kier molecular flexibility index (Phi) is 6.52. The number of nitrogens with zero attached hydrogens (tertiary/aromatic N) is 1. The summed E-state index contributed by atoms with van der Waals surface area (Å²) >= 11 is 1.46. The minimum atomic E-state index is -0.821. The van der Waals surface area contributed by atoms with E-state index in [0.717, 1.165) is 22.8 Å². The number of carbonyl (C=O) groups is 2. The molecule has 6 heteroatoms. The molecule has 0 atom stereocenters. The molecule has 0 aliphatic heterocycles. The number of carboxylic acid groups (broad SMARTS) is 1. The molecule has 0 bridgehead atoms. The number of hydrogen-bond donors (Lipinski definition) is 2. The number of likely N-dealkylation sites (N-methyl/N-ethyl adjacent to an activating group) is 1. The van der Waals surface area contributed by atoms with Crippen LogP contribution in [0.4, 0.5) is 0 Å². The van der Waals surface area contributed by atoms with Crippen LogP contribution in [0.25, 0.3) is 0 Å². The van der Waals surface area contributed by atoms with Crippen molar-refractivity contribution in [1.29, 1.82) is 0 Å². The number of aliphatic carboxylic acids is 1. The fraction of sp³-hybridized carbons (Fsp3) is 0.538. The molecule has 0 aliphatic carbocycles. The summed E-state index contributed by atoms with van der Waals surface area (Å²) in [6.45, 7) is 6.26. The van der Waals surface area contributed by atoms with E-state index in [1.807, 2.05) is 26.0 Å². The van der Waals surface area contributed by atoms with Crippen LogP contribution in [0.3, 0.4) is 0 Å². The van der Waals surface area contributed by atoms with Crippen molar-refractivity contribution >= 4 is 23.2 Å². The Morgan fingerprint density at radius 1 is 1.26 bits per heavy atom. The predicted octanol–water partition coefficient (Wildman–Crippen LogP) is 1.33. The van der Waals surface area contributed by atoms with Gasteiger partial charge in [0.25, 0.3) is 0 Å². The number of amides is 1. The number of thiophene rings is 1. The van der Waals surface area contributed by atoms with Crippen LogP contribution < -0.4 is 5.32 Å². The summed E-state index contributed by atoms with van der Waals surface area (Å²) < 4.78 is 0. The highest BCUT2D eigenvalue weighted by Gasteiger charge is 2.09. The Morgan fingerprint density at radius 3 is 2.47 bits per heavy atom. The van der Waals surface area contributed by atoms with E-state index in [9.17, 15) is 9.59 Å². The second-order valence-electron chi connectivity index (χ2n) is 4.11. The highest BCUT2D eigenvalue weighted by Crippen LogP contribution is 2.16. The smallest absolute Gasteiger partial charge is 0.308 e. The van der Waals surface area contributed by atoms with Crippen molar-refractivity contribution in [3.8, 4) is 0 Å². The lowest BCUT2D eigenvalue weighted by molar-refractivity contribution is -0.136. The molecule has 0 fully saturated rings. The monoisotopic (exact) mass is 284 g/mol. The quantitative estimate of drug-likeness (QED) is 0.755. The van der Waals surface area contributed by atoms with E-state index < -0.39 is 5.97 Å². The van der Waals surface area contributed by atoms with Gasteiger partial charge in [0.15, 0.2) is 0 Å². The van der Waals surface area contributed by atoms with E-state index in [1.165, 1.54) is 11.3 Å². The zero-order valence-electron chi connectivity index (χ0n) is 11.3. The number of carbonyl (C=O) groups excluding carboxylic acids is 1. The fourth-order valence-corrected chi connectivity index (χ4v) is 2.72. The lowest BCUT2D eigenvalue weighted by Crippen LogP contribution is -2.37. The molecule has 1 rings (SSSR count). The van der Waals surface area contributed by atoms with Crippen LogP contribution in [0.5, 0.6) is 0 Å². The Morgan fingerprint density at radius 2 is 1.89 bits per heavy atom. The van der Waals surface area contributed by atoms with Gasteiger partial charge in [-0.2, -0.15) is 0 Å². The van der Waals surface area contributed by atoms with Gasteiger partial charge >= 0.3 is 5.97 Å². The van der Waals surface area contributed by atoms with E-state index in [4.69, 9.17) is 5.11 Å². The van der Waals surface area contributed by atoms with Crippen molar-refractivity contribution in [1.82, 2.24) is 10.2 Å². The standard InChI is InChI=1S/C13H20N2O3S/c1-3-15(4-2)12(16)9-14-8-11-6-5-10(19-11)7-13(17)18/h5-6,14H,3-4,7-9H2,1-2H3,(H,17,18). The van der Waals surface area contributed by atoms with Gasteiger partial charge in [-0.05, 0) is 26.0 Å². The molecule has 5 nitrogen and oxygen atoms in total.